The van der Waals surface area contributed by atoms with Gasteiger partial charge < -0.3 is 15.2 Å². The first kappa shape index (κ1) is 14.4. The molecule has 6 heteroatoms. The minimum Gasteiger partial charge on any atom is -0.338 e. The lowest BCUT2D eigenvalue weighted by Gasteiger charge is -2.19. The molecule has 3 fully saturated rings. The Morgan fingerprint density at radius 3 is 2.88 bits per heavy atom. The molecule has 24 heavy (non-hydrogen) atoms. The van der Waals surface area contributed by atoms with Crippen molar-refractivity contribution in [3.8, 4) is 0 Å². The number of carbonyl (C=O) groups excluding carboxylic acids is 1. The zero-order valence-corrected chi connectivity index (χ0v) is 13.9. The lowest BCUT2D eigenvalue weighted by atomic mass is 9.98. The quantitative estimate of drug-likeness (QED) is 0.914. The van der Waals surface area contributed by atoms with E-state index in [4.69, 9.17) is 10.3 Å². The highest BCUT2D eigenvalue weighted by Crippen LogP contribution is 2.41. The molecule has 1 saturated heterocycles. The third-order valence-corrected chi connectivity index (χ3v) is 6.06. The number of hydrogen-bond acceptors (Lipinski definition) is 5. The van der Waals surface area contributed by atoms with Crippen LogP contribution in [0.3, 0.4) is 0 Å². The van der Waals surface area contributed by atoms with Crippen LogP contribution in [0, 0.1) is 18.8 Å². The summed E-state index contributed by atoms with van der Waals surface area (Å²) in [4.78, 5) is 19.8. The van der Waals surface area contributed by atoms with E-state index in [1.165, 1.54) is 0 Å². The van der Waals surface area contributed by atoms with Crippen molar-refractivity contribution < 1.29 is 9.32 Å². The van der Waals surface area contributed by atoms with E-state index in [-0.39, 0.29) is 11.9 Å². The summed E-state index contributed by atoms with van der Waals surface area (Å²) in [5.41, 5.74) is 9.12. The zero-order chi connectivity index (χ0) is 16.4. The fourth-order valence-corrected chi connectivity index (χ4v) is 4.51. The van der Waals surface area contributed by atoms with Crippen LogP contribution >= 0.6 is 0 Å². The number of fused-ring (bicyclic) bond motifs is 2. The molecular weight excluding hydrogens is 304 g/mol. The Bertz CT molecular complexity index is 826. The first-order chi connectivity index (χ1) is 11.6. The van der Waals surface area contributed by atoms with Crippen LogP contribution in [0.5, 0.6) is 0 Å². The second-order valence-electron chi connectivity index (χ2n) is 7.69. The van der Waals surface area contributed by atoms with E-state index in [0.29, 0.717) is 29.0 Å². The van der Waals surface area contributed by atoms with Gasteiger partial charge in [0.05, 0.1) is 16.6 Å². The van der Waals surface area contributed by atoms with Crippen LogP contribution in [0.2, 0.25) is 0 Å². The van der Waals surface area contributed by atoms with Crippen molar-refractivity contribution in [2.24, 2.45) is 17.6 Å². The lowest BCUT2D eigenvalue weighted by molar-refractivity contribution is 0.0781. The van der Waals surface area contributed by atoms with Gasteiger partial charge in [0.1, 0.15) is 0 Å². The van der Waals surface area contributed by atoms with Gasteiger partial charge in [0.15, 0.2) is 0 Å². The maximum atomic E-state index is 13.2. The molecule has 126 valence electrons. The van der Waals surface area contributed by atoms with E-state index in [2.05, 4.69) is 10.1 Å². The minimum atomic E-state index is 0.0807. The summed E-state index contributed by atoms with van der Waals surface area (Å²) in [6.07, 6.45) is 4.51. The molecule has 2 saturated carbocycles. The predicted octanol–water partition coefficient (Wildman–Crippen LogP) is 2.22. The van der Waals surface area contributed by atoms with Crippen LogP contribution in [0.1, 0.15) is 53.3 Å². The Balaban J connectivity index is 1.53. The van der Waals surface area contributed by atoms with Crippen LogP contribution in [0.4, 0.5) is 0 Å². The summed E-state index contributed by atoms with van der Waals surface area (Å²) in [6.45, 7) is 3.47. The van der Waals surface area contributed by atoms with Crippen LogP contribution in [-0.4, -0.2) is 40.1 Å². The molecule has 2 aliphatic carbocycles. The molecule has 2 N–H and O–H groups in total. The number of hydrogen-bond donors (Lipinski definition) is 1. The summed E-state index contributed by atoms with van der Waals surface area (Å²) in [5.74, 6) is 1.57. The second-order valence-corrected chi connectivity index (χ2v) is 7.69. The van der Waals surface area contributed by atoms with E-state index in [1.807, 2.05) is 17.9 Å². The Morgan fingerprint density at radius 2 is 2.12 bits per heavy atom. The Kier molecular flexibility index (Phi) is 3.01. The van der Waals surface area contributed by atoms with Gasteiger partial charge in [0.2, 0.25) is 0 Å². The molecule has 0 radical (unpaired) electrons. The van der Waals surface area contributed by atoms with Crippen LogP contribution in [-0.2, 0) is 0 Å². The minimum absolute atomic E-state index is 0.0807. The highest BCUT2D eigenvalue weighted by Gasteiger charge is 2.43. The van der Waals surface area contributed by atoms with Crippen molar-refractivity contribution in [1.29, 1.82) is 0 Å². The summed E-state index contributed by atoms with van der Waals surface area (Å²) in [5, 5.41) is 4.80. The number of amides is 1. The average Bonchev–Trinajstić information content (AvgIpc) is 3.11. The molecule has 1 amide bonds. The second kappa shape index (κ2) is 5.02. The van der Waals surface area contributed by atoms with Gasteiger partial charge >= 0.3 is 0 Å². The molecule has 3 aliphatic rings. The van der Waals surface area contributed by atoms with Gasteiger partial charge in [-0.15, -0.1) is 0 Å². The molecule has 2 aromatic rings. The number of carbonyl (C=O) groups is 1. The molecule has 0 spiro atoms. The van der Waals surface area contributed by atoms with Gasteiger partial charge in [-0.1, -0.05) is 5.16 Å². The molecule has 0 aromatic carbocycles. The monoisotopic (exact) mass is 326 g/mol. The number of likely N-dealkylation sites (tertiary alicyclic amines) is 1. The fraction of sp³-hybridized carbons (Fsp3) is 0.611. The number of pyridine rings is 1. The normalized spacial score (nSPS) is 29.4. The fourth-order valence-electron chi connectivity index (χ4n) is 4.51. The van der Waals surface area contributed by atoms with Gasteiger partial charge in [0.25, 0.3) is 11.6 Å². The Labute approximate surface area is 140 Å². The number of aryl methyl sites for hydroxylation is 1. The molecule has 3 heterocycles. The van der Waals surface area contributed by atoms with Crippen molar-refractivity contribution in [3.63, 3.8) is 0 Å². The third kappa shape index (κ3) is 2.09. The van der Waals surface area contributed by atoms with Gasteiger partial charge in [-0.3, -0.25) is 4.79 Å². The van der Waals surface area contributed by atoms with Crippen molar-refractivity contribution >= 4 is 17.0 Å². The maximum absolute atomic E-state index is 13.2. The summed E-state index contributed by atoms with van der Waals surface area (Å²) in [6, 6.07) is 2.21. The van der Waals surface area contributed by atoms with Crippen LogP contribution in [0.25, 0.3) is 11.1 Å². The first-order valence-corrected chi connectivity index (χ1v) is 8.93. The molecule has 5 rings (SSSR count). The highest BCUT2D eigenvalue weighted by molar-refractivity contribution is 6.06. The SMILES string of the molecule is Cc1noc2nc(C3CC3)cc(C(=O)N3CC4CCC(N)C4C3)c12. The molecule has 2 aromatic heterocycles. The molecule has 0 bridgehead atoms. The van der Waals surface area contributed by atoms with E-state index >= 15 is 0 Å². The van der Waals surface area contributed by atoms with Crippen molar-refractivity contribution in [2.45, 2.75) is 44.6 Å². The third-order valence-electron chi connectivity index (χ3n) is 6.06. The number of rotatable bonds is 2. The van der Waals surface area contributed by atoms with E-state index in [1.54, 1.807) is 0 Å². The highest BCUT2D eigenvalue weighted by atomic mass is 16.5. The van der Waals surface area contributed by atoms with Crippen molar-refractivity contribution in [1.82, 2.24) is 15.0 Å². The van der Waals surface area contributed by atoms with Crippen LogP contribution in [0.15, 0.2) is 10.6 Å². The average molecular weight is 326 g/mol. The summed E-state index contributed by atoms with van der Waals surface area (Å²) >= 11 is 0. The van der Waals surface area contributed by atoms with E-state index in [0.717, 1.165) is 55.5 Å². The Hall–Kier alpha value is -1.95. The molecule has 3 atom stereocenters. The molecule has 1 aliphatic heterocycles. The van der Waals surface area contributed by atoms with E-state index in [9.17, 15) is 4.79 Å². The topological polar surface area (TPSA) is 85.2 Å². The predicted molar refractivity (Wildman–Crippen MR) is 88.6 cm³/mol. The van der Waals surface area contributed by atoms with Gasteiger partial charge in [0, 0.05) is 30.7 Å². The molecule has 6 nitrogen and oxygen atoms in total. The van der Waals surface area contributed by atoms with E-state index < -0.39 is 0 Å². The summed E-state index contributed by atoms with van der Waals surface area (Å²) in [7, 11) is 0. The summed E-state index contributed by atoms with van der Waals surface area (Å²) < 4.78 is 5.36. The molecular formula is C18H22N4O2. The molecule has 3 unspecified atom stereocenters. The van der Waals surface area contributed by atoms with Crippen LogP contribution < -0.4 is 5.73 Å². The standard InChI is InChI=1S/C18H22N4O2/c1-9-16-12(6-15(10-2-3-10)20-17(16)24-21-9)18(23)22-7-11-4-5-14(19)13(11)8-22/h6,10-11,13-14H,2-5,7-8,19H2,1H3. The van der Waals surface area contributed by atoms with Crippen molar-refractivity contribution in [3.05, 3.63) is 23.0 Å². The largest absolute Gasteiger partial charge is 0.338 e. The smallest absolute Gasteiger partial charge is 0.259 e. The van der Waals surface area contributed by atoms with Gasteiger partial charge in [-0.05, 0) is 50.5 Å². The zero-order valence-electron chi connectivity index (χ0n) is 13.9. The Morgan fingerprint density at radius 1 is 1.29 bits per heavy atom. The van der Waals surface area contributed by atoms with Crippen molar-refractivity contribution in [2.75, 3.05) is 13.1 Å². The number of nitrogens with zero attached hydrogens (tertiary/aromatic N) is 3. The van der Waals surface area contributed by atoms with Gasteiger partial charge in [-0.25, -0.2) is 4.98 Å². The maximum Gasteiger partial charge on any atom is 0.259 e. The lowest BCUT2D eigenvalue weighted by Crippen LogP contribution is -2.33. The number of aromatic nitrogens is 2. The van der Waals surface area contributed by atoms with Gasteiger partial charge in [-0.2, -0.15) is 0 Å². The number of nitrogens with two attached hydrogens (primary N) is 1. The first-order valence-electron chi connectivity index (χ1n) is 8.93.